The number of fused-ring (bicyclic) bond motifs is 2. The lowest BCUT2D eigenvalue weighted by atomic mass is 9.90. The number of aliphatic hydroxyl groups is 1. The minimum absolute atomic E-state index is 0.0460. The summed E-state index contributed by atoms with van der Waals surface area (Å²) in [5.74, 6) is -0.500. The van der Waals surface area contributed by atoms with Gasteiger partial charge in [0.2, 0.25) is 0 Å². The van der Waals surface area contributed by atoms with Crippen LogP contribution < -0.4 is 0 Å². The lowest BCUT2D eigenvalue weighted by Crippen LogP contribution is -2.43. The molecule has 6 heteroatoms. The fraction of sp³-hybridized carbons (Fsp3) is 0.192. The van der Waals surface area contributed by atoms with Crippen molar-refractivity contribution in [2.75, 3.05) is 0 Å². The highest BCUT2D eigenvalue weighted by atomic mass is 16.3. The van der Waals surface area contributed by atoms with Crippen molar-refractivity contribution >= 4 is 22.4 Å². The Balaban J connectivity index is 1.50. The van der Waals surface area contributed by atoms with Gasteiger partial charge in [-0.05, 0) is 36.1 Å². The molecule has 6 nitrogen and oxygen atoms in total. The van der Waals surface area contributed by atoms with Crippen LogP contribution in [0, 0.1) is 0 Å². The van der Waals surface area contributed by atoms with Crippen molar-refractivity contribution in [2.45, 2.75) is 31.3 Å². The van der Waals surface area contributed by atoms with E-state index in [2.05, 4.69) is 21.0 Å². The number of hydrogen-bond acceptors (Lipinski definition) is 4. The highest BCUT2D eigenvalue weighted by Gasteiger charge is 2.45. The maximum Gasteiger partial charge on any atom is 0.290 e. The van der Waals surface area contributed by atoms with Crippen LogP contribution in [-0.4, -0.2) is 36.9 Å². The average molecular weight is 422 g/mol. The molecule has 2 aliphatic rings. The van der Waals surface area contributed by atoms with E-state index < -0.39 is 6.04 Å². The second kappa shape index (κ2) is 7.34. The second-order valence-electron chi connectivity index (χ2n) is 8.43. The number of aryl methyl sites for hydroxylation is 1. The molecule has 0 saturated carbocycles. The summed E-state index contributed by atoms with van der Waals surface area (Å²) in [4.78, 5) is 27.6. The third-order valence-electron chi connectivity index (χ3n) is 6.61. The van der Waals surface area contributed by atoms with Gasteiger partial charge in [0.25, 0.3) is 5.91 Å². The van der Waals surface area contributed by atoms with Crippen molar-refractivity contribution in [2.24, 2.45) is 0 Å². The average Bonchev–Trinajstić information content (AvgIpc) is 3.41. The Bertz CT molecular complexity index is 1360. The van der Waals surface area contributed by atoms with Crippen molar-refractivity contribution < 1.29 is 9.90 Å². The van der Waals surface area contributed by atoms with E-state index in [9.17, 15) is 9.90 Å². The lowest BCUT2D eigenvalue weighted by molar-refractivity contribution is -0.132. The van der Waals surface area contributed by atoms with E-state index in [1.54, 1.807) is 6.33 Å². The van der Waals surface area contributed by atoms with Crippen LogP contribution in [0.5, 0.6) is 0 Å². The number of carbonyl (C=O) groups excluding carboxylic acids is 1. The topological polar surface area (TPSA) is 82.1 Å². The van der Waals surface area contributed by atoms with Crippen molar-refractivity contribution in [3.8, 4) is 0 Å². The number of nitrogens with one attached hydrogen (secondary N) is 1. The molecule has 2 unspecified atom stereocenters. The van der Waals surface area contributed by atoms with Gasteiger partial charge in [-0.2, -0.15) is 0 Å². The Morgan fingerprint density at radius 3 is 2.72 bits per heavy atom. The second-order valence-corrected chi connectivity index (χ2v) is 8.43. The third-order valence-corrected chi connectivity index (χ3v) is 6.61. The van der Waals surface area contributed by atoms with E-state index in [0.717, 1.165) is 46.3 Å². The number of aromatic amines is 1. The molecule has 0 radical (unpaired) electrons. The first-order valence-corrected chi connectivity index (χ1v) is 10.9. The number of rotatable bonds is 3. The standard InChI is InChI=1S/C26H22N4O2/c31-25-23(16-6-2-1-3-7-16)24(18-12-17-8-4-5-9-20(17)27-14-18)30(26(25)32)19-10-11-21-22(13-19)29-15-28-21/h1-9,12,14-15,19,24,31H,10-11,13H2,(H,28,29). The molecule has 3 heterocycles. The van der Waals surface area contributed by atoms with Crippen LogP contribution in [0.4, 0.5) is 0 Å². The van der Waals surface area contributed by atoms with Gasteiger partial charge in [0.1, 0.15) is 0 Å². The number of nitrogens with zero attached hydrogens (tertiary/aromatic N) is 3. The molecule has 6 rings (SSSR count). The molecular formula is C26H22N4O2. The number of H-pyrrole nitrogens is 1. The van der Waals surface area contributed by atoms with Crippen LogP contribution in [0.2, 0.25) is 0 Å². The van der Waals surface area contributed by atoms with Crippen LogP contribution in [0.15, 0.2) is 78.9 Å². The highest BCUT2D eigenvalue weighted by molar-refractivity contribution is 6.05. The number of benzene rings is 2. The first-order chi connectivity index (χ1) is 15.7. The summed E-state index contributed by atoms with van der Waals surface area (Å²) in [7, 11) is 0. The highest BCUT2D eigenvalue weighted by Crippen LogP contribution is 2.45. The van der Waals surface area contributed by atoms with Gasteiger partial charge in [-0.15, -0.1) is 0 Å². The minimum atomic E-state index is -0.406. The molecule has 4 aromatic rings. The molecule has 1 aliphatic carbocycles. The summed E-state index contributed by atoms with van der Waals surface area (Å²) < 4.78 is 0. The van der Waals surface area contributed by atoms with Gasteiger partial charge in [0.15, 0.2) is 5.76 Å². The van der Waals surface area contributed by atoms with Crippen molar-refractivity contribution in [3.63, 3.8) is 0 Å². The van der Waals surface area contributed by atoms with E-state index in [1.807, 2.05) is 65.7 Å². The fourth-order valence-electron chi connectivity index (χ4n) is 5.10. The van der Waals surface area contributed by atoms with Gasteiger partial charge < -0.3 is 15.0 Å². The van der Waals surface area contributed by atoms with Gasteiger partial charge >= 0.3 is 0 Å². The van der Waals surface area contributed by atoms with E-state index in [1.165, 1.54) is 0 Å². The van der Waals surface area contributed by atoms with Crippen LogP contribution in [0.25, 0.3) is 16.5 Å². The SMILES string of the molecule is O=C1C(O)=C(c2ccccc2)C(c2cnc3ccccc3c2)N1C1CCc2nc[nH]c2C1. The van der Waals surface area contributed by atoms with Gasteiger partial charge in [0, 0.05) is 35.3 Å². The van der Waals surface area contributed by atoms with Gasteiger partial charge in [-0.1, -0.05) is 48.5 Å². The number of aromatic nitrogens is 3. The molecule has 2 aromatic carbocycles. The number of para-hydroxylation sites is 1. The largest absolute Gasteiger partial charge is 0.503 e. The number of imidazole rings is 1. The molecule has 2 aromatic heterocycles. The summed E-state index contributed by atoms with van der Waals surface area (Å²) in [6.07, 6.45) is 5.84. The molecule has 2 atom stereocenters. The number of pyridine rings is 1. The Morgan fingerprint density at radius 1 is 1.03 bits per heavy atom. The number of carbonyl (C=O) groups is 1. The first kappa shape index (κ1) is 18.8. The molecule has 1 amide bonds. The Labute approximate surface area is 185 Å². The lowest BCUT2D eigenvalue weighted by Gasteiger charge is -2.36. The van der Waals surface area contributed by atoms with Gasteiger partial charge in [-0.25, -0.2) is 4.98 Å². The number of hydrogen-bond donors (Lipinski definition) is 2. The number of aliphatic hydroxyl groups excluding tert-OH is 1. The molecule has 0 bridgehead atoms. The molecule has 32 heavy (non-hydrogen) atoms. The summed E-state index contributed by atoms with van der Waals surface area (Å²) >= 11 is 0. The van der Waals surface area contributed by atoms with Gasteiger partial charge in [0.05, 0.1) is 23.6 Å². The van der Waals surface area contributed by atoms with Crippen LogP contribution >= 0.6 is 0 Å². The zero-order valence-corrected chi connectivity index (χ0v) is 17.4. The summed E-state index contributed by atoms with van der Waals surface area (Å²) in [6.45, 7) is 0. The zero-order chi connectivity index (χ0) is 21.7. The summed E-state index contributed by atoms with van der Waals surface area (Å²) in [6, 6.07) is 19.2. The van der Waals surface area contributed by atoms with Crippen LogP contribution in [0.3, 0.4) is 0 Å². The molecular weight excluding hydrogens is 400 g/mol. The van der Waals surface area contributed by atoms with Crippen LogP contribution in [0.1, 0.15) is 35.0 Å². The van der Waals surface area contributed by atoms with E-state index in [0.29, 0.717) is 12.0 Å². The smallest absolute Gasteiger partial charge is 0.290 e. The van der Waals surface area contributed by atoms with Crippen molar-refractivity contribution in [1.82, 2.24) is 19.9 Å². The molecule has 1 aliphatic heterocycles. The molecule has 158 valence electrons. The predicted molar refractivity (Wildman–Crippen MR) is 122 cm³/mol. The number of amides is 1. The third kappa shape index (κ3) is 2.91. The normalized spacial score (nSPS) is 20.8. The Kier molecular flexibility index (Phi) is 4.31. The predicted octanol–water partition coefficient (Wildman–Crippen LogP) is 4.37. The monoisotopic (exact) mass is 422 g/mol. The summed E-state index contributed by atoms with van der Waals surface area (Å²) in [5.41, 5.74) is 5.42. The molecule has 0 saturated heterocycles. The maximum absolute atomic E-state index is 13.5. The quantitative estimate of drug-likeness (QED) is 0.514. The van der Waals surface area contributed by atoms with E-state index in [-0.39, 0.29) is 17.7 Å². The molecule has 0 spiro atoms. The zero-order valence-electron chi connectivity index (χ0n) is 17.4. The summed E-state index contributed by atoms with van der Waals surface area (Å²) in [5, 5.41) is 12.1. The van der Waals surface area contributed by atoms with E-state index >= 15 is 0 Å². The molecule has 0 fully saturated rings. The Hall–Kier alpha value is -3.93. The first-order valence-electron chi connectivity index (χ1n) is 10.9. The van der Waals surface area contributed by atoms with E-state index in [4.69, 9.17) is 0 Å². The Morgan fingerprint density at radius 2 is 1.84 bits per heavy atom. The van der Waals surface area contributed by atoms with Crippen molar-refractivity contribution in [1.29, 1.82) is 0 Å². The molecule has 2 N–H and O–H groups in total. The maximum atomic E-state index is 13.5. The van der Waals surface area contributed by atoms with Crippen LogP contribution in [-0.2, 0) is 17.6 Å². The van der Waals surface area contributed by atoms with Crippen molar-refractivity contribution in [3.05, 3.63) is 101 Å². The fourth-order valence-corrected chi connectivity index (χ4v) is 5.10. The van der Waals surface area contributed by atoms with Gasteiger partial charge in [-0.3, -0.25) is 9.78 Å². The minimum Gasteiger partial charge on any atom is -0.503 e.